The number of amides is 1. The Morgan fingerprint density at radius 1 is 1.37 bits per heavy atom. The number of rotatable bonds is 8. The number of nitrogens with one attached hydrogen (secondary N) is 1. The van der Waals surface area contributed by atoms with Gasteiger partial charge in [-0.15, -0.1) is 0 Å². The first-order valence-electron chi connectivity index (χ1n) is 6.79. The van der Waals surface area contributed by atoms with Gasteiger partial charge in [0.05, 0.1) is 12.2 Å². The van der Waals surface area contributed by atoms with Crippen LogP contribution < -0.4 is 11.1 Å². The lowest BCUT2D eigenvalue weighted by molar-refractivity contribution is -0.124. The SMILES string of the molecule is CCCNC(C)(CN1CC(OC)C(OC)C1)C(N)=O. The van der Waals surface area contributed by atoms with Gasteiger partial charge in [0.25, 0.3) is 0 Å². The van der Waals surface area contributed by atoms with E-state index in [1.165, 1.54) is 0 Å². The molecule has 3 unspecified atom stereocenters. The van der Waals surface area contributed by atoms with E-state index in [1.54, 1.807) is 14.2 Å². The molecule has 1 saturated heterocycles. The van der Waals surface area contributed by atoms with Crippen LogP contribution in [0.25, 0.3) is 0 Å². The Morgan fingerprint density at radius 2 is 1.89 bits per heavy atom. The van der Waals surface area contributed by atoms with Crippen molar-refractivity contribution in [1.29, 1.82) is 0 Å². The second-order valence-corrected chi connectivity index (χ2v) is 5.37. The minimum Gasteiger partial charge on any atom is -0.377 e. The maximum absolute atomic E-state index is 11.7. The topological polar surface area (TPSA) is 76.8 Å². The van der Waals surface area contributed by atoms with Crippen molar-refractivity contribution in [3.05, 3.63) is 0 Å². The molecule has 1 amide bonds. The Bertz CT molecular complexity index is 289. The molecule has 19 heavy (non-hydrogen) atoms. The van der Waals surface area contributed by atoms with Crippen LogP contribution in [0.15, 0.2) is 0 Å². The van der Waals surface area contributed by atoms with E-state index < -0.39 is 5.54 Å². The van der Waals surface area contributed by atoms with Crippen LogP contribution in [0.2, 0.25) is 0 Å². The standard InChI is InChI=1S/C13H27N3O3/c1-5-6-15-13(2,12(14)17)9-16-7-10(18-3)11(8-16)19-4/h10-11,15H,5-9H2,1-4H3,(H2,14,17). The van der Waals surface area contributed by atoms with Gasteiger partial charge in [-0.3, -0.25) is 9.69 Å². The second-order valence-electron chi connectivity index (χ2n) is 5.37. The van der Waals surface area contributed by atoms with E-state index in [-0.39, 0.29) is 18.1 Å². The number of carbonyl (C=O) groups is 1. The summed E-state index contributed by atoms with van der Waals surface area (Å²) in [7, 11) is 3.37. The highest BCUT2D eigenvalue weighted by atomic mass is 16.5. The molecule has 1 heterocycles. The van der Waals surface area contributed by atoms with Crippen LogP contribution in [0.4, 0.5) is 0 Å². The van der Waals surface area contributed by atoms with Crippen molar-refractivity contribution >= 4 is 5.91 Å². The molecule has 0 aliphatic carbocycles. The number of primary amides is 1. The highest BCUT2D eigenvalue weighted by Gasteiger charge is 2.39. The number of nitrogens with zero attached hydrogens (tertiary/aromatic N) is 1. The van der Waals surface area contributed by atoms with Gasteiger partial charge < -0.3 is 20.5 Å². The molecule has 0 aromatic rings. The molecule has 0 bridgehead atoms. The summed E-state index contributed by atoms with van der Waals surface area (Å²) in [6.45, 7) is 6.77. The zero-order valence-electron chi connectivity index (χ0n) is 12.4. The number of ether oxygens (including phenoxy) is 2. The van der Waals surface area contributed by atoms with Gasteiger partial charge >= 0.3 is 0 Å². The fourth-order valence-electron chi connectivity index (χ4n) is 2.47. The maximum Gasteiger partial charge on any atom is 0.238 e. The van der Waals surface area contributed by atoms with Crippen LogP contribution in [-0.2, 0) is 14.3 Å². The Hall–Kier alpha value is -0.690. The van der Waals surface area contributed by atoms with Crippen molar-refractivity contribution in [3.8, 4) is 0 Å². The molecule has 3 atom stereocenters. The quantitative estimate of drug-likeness (QED) is 0.628. The van der Waals surface area contributed by atoms with Gasteiger partial charge in [0, 0.05) is 33.9 Å². The highest BCUT2D eigenvalue weighted by Crippen LogP contribution is 2.18. The largest absolute Gasteiger partial charge is 0.377 e. The van der Waals surface area contributed by atoms with Crippen molar-refractivity contribution in [2.75, 3.05) is 40.4 Å². The molecule has 112 valence electrons. The van der Waals surface area contributed by atoms with Gasteiger partial charge in [-0.1, -0.05) is 6.92 Å². The summed E-state index contributed by atoms with van der Waals surface area (Å²) in [5.41, 5.74) is 4.82. The van der Waals surface area contributed by atoms with Gasteiger partial charge in [-0.25, -0.2) is 0 Å². The average molecular weight is 273 g/mol. The van der Waals surface area contributed by atoms with E-state index >= 15 is 0 Å². The van der Waals surface area contributed by atoms with E-state index in [9.17, 15) is 4.79 Å². The zero-order chi connectivity index (χ0) is 14.5. The van der Waals surface area contributed by atoms with E-state index in [0.29, 0.717) is 6.54 Å². The molecule has 6 nitrogen and oxygen atoms in total. The number of carbonyl (C=O) groups excluding carboxylic acids is 1. The van der Waals surface area contributed by atoms with E-state index in [4.69, 9.17) is 15.2 Å². The van der Waals surface area contributed by atoms with Crippen LogP contribution in [-0.4, -0.2) is 69.0 Å². The number of methoxy groups -OCH3 is 2. The molecule has 1 rings (SSSR count). The lowest BCUT2D eigenvalue weighted by atomic mass is 10.0. The Balaban J connectivity index is 2.63. The number of likely N-dealkylation sites (tertiary alicyclic amines) is 1. The molecule has 1 fully saturated rings. The maximum atomic E-state index is 11.7. The first kappa shape index (κ1) is 16.4. The monoisotopic (exact) mass is 273 g/mol. The summed E-state index contributed by atoms with van der Waals surface area (Å²) >= 11 is 0. The van der Waals surface area contributed by atoms with E-state index in [1.807, 2.05) is 6.92 Å². The Morgan fingerprint density at radius 3 is 2.26 bits per heavy atom. The van der Waals surface area contributed by atoms with Crippen molar-refractivity contribution in [1.82, 2.24) is 10.2 Å². The molecular weight excluding hydrogens is 246 g/mol. The molecular formula is C13H27N3O3. The molecule has 3 N–H and O–H groups in total. The molecule has 0 aromatic carbocycles. The Labute approximate surface area is 115 Å². The van der Waals surface area contributed by atoms with Crippen LogP contribution >= 0.6 is 0 Å². The van der Waals surface area contributed by atoms with Gasteiger partial charge in [0.1, 0.15) is 5.54 Å². The summed E-state index contributed by atoms with van der Waals surface area (Å²) in [4.78, 5) is 13.9. The summed E-state index contributed by atoms with van der Waals surface area (Å²) in [6.07, 6.45) is 1.06. The van der Waals surface area contributed by atoms with Crippen molar-refractivity contribution < 1.29 is 14.3 Å². The predicted octanol–water partition coefficient (Wildman–Crippen LogP) is -0.424. The first-order chi connectivity index (χ1) is 8.96. The molecule has 0 saturated carbocycles. The van der Waals surface area contributed by atoms with Gasteiger partial charge in [0.15, 0.2) is 0 Å². The number of nitrogens with two attached hydrogens (primary N) is 1. The fourth-order valence-corrected chi connectivity index (χ4v) is 2.47. The van der Waals surface area contributed by atoms with Gasteiger partial charge in [-0.2, -0.15) is 0 Å². The third-order valence-corrected chi connectivity index (χ3v) is 3.75. The third kappa shape index (κ3) is 4.14. The van der Waals surface area contributed by atoms with Gasteiger partial charge in [-0.05, 0) is 19.9 Å². The van der Waals surface area contributed by atoms with Crippen LogP contribution in [0, 0.1) is 0 Å². The Kier molecular flexibility index (Phi) is 6.19. The molecule has 1 aliphatic rings. The smallest absolute Gasteiger partial charge is 0.238 e. The third-order valence-electron chi connectivity index (χ3n) is 3.75. The fraction of sp³-hybridized carbons (Fsp3) is 0.923. The first-order valence-corrected chi connectivity index (χ1v) is 6.79. The number of hydrogen-bond donors (Lipinski definition) is 2. The minimum absolute atomic E-state index is 0.0494. The van der Waals surface area contributed by atoms with Gasteiger partial charge in [0.2, 0.25) is 5.91 Å². The van der Waals surface area contributed by atoms with Crippen LogP contribution in [0.5, 0.6) is 0 Å². The predicted molar refractivity (Wildman–Crippen MR) is 73.9 cm³/mol. The molecule has 0 aromatic heterocycles. The highest BCUT2D eigenvalue weighted by molar-refractivity contribution is 5.84. The zero-order valence-corrected chi connectivity index (χ0v) is 12.4. The normalized spacial score (nSPS) is 27.4. The van der Waals surface area contributed by atoms with E-state index in [2.05, 4.69) is 17.1 Å². The summed E-state index contributed by atoms with van der Waals surface area (Å²) in [5.74, 6) is -0.323. The summed E-state index contributed by atoms with van der Waals surface area (Å²) < 4.78 is 10.8. The summed E-state index contributed by atoms with van der Waals surface area (Å²) in [5, 5.41) is 3.24. The molecule has 1 aliphatic heterocycles. The van der Waals surface area contributed by atoms with Crippen molar-refractivity contribution in [2.24, 2.45) is 5.73 Å². The molecule has 6 heteroatoms. The van der Waals surface area contributed by atoms with E-state index in [0.717, 1.165) is 26.1 Å². The summed E-state index contributed by atoms with van der Waals surface area (Å²) in [6, 6.07) is 0. The van der Waals surface area contributed by atoms with Crippen LogP contribution in [0.3, 0.4) is 0 Å². The minimum atomic E-state index is -0.711. The second kappa shape index (κ2) is 7.19. The van der Waals surface area contributed by atoms with Crippen molar-refractivity contribution in [3.63, 3.8) is 0 Å². The molecule has 0 radical (unpaired) electrons. The molecule has 0 spiro atoms. The average Bonchev–Trinajstić information content (AvgIpc) is 2.78. The van der Waals surface area contributed by atoms with Crippen LogP contribution in [0.1, 0.15) is 20.3 Å². The lowest BCUT2D eigenvalue weighted by Crippen LogP contribution is -2.59. The number of hydrogen-bond acceptors (Lipinski definition) is 5. The lowest BCUT2D eigenvalue weighted by Gasteiger charge is -2.32. The van der Waals surface area contributed by atoms with Crippen molar-refractivity contribution in [2.45, 2.75) is 38.0 Å².